The lowest BCUT2D eigenvalue weighted by Crippen LogP contribution is -2.26. The zero-order chi connectivity index (χ0) is 44.9. The Bertz CT molecular complexity index is 1760. The highest BCUT2D eigenvalue weighted by Gasteiger charge is 2.53. The largest absolute Gasteiger partial charge is 0.416 e. The van der Waals surface area contributed by atoms with Crippen molar-refractivity contribution in [2.45, 2.75) is 69.0 Å². The number of hydrogen-bond acceptors (Lipinski definition) is 0. The van der Waals surface area contributed by atoms with Gasteiger partial charge in [0.05, 0.1) is 44.5 Å². The Kier molecular flexibility index (Phi) is 10.8. The molecule has 0 radical (unpaired) electrons. The molecular weight excluding hydrogens is 884 g/mol. The van der Waals surface area contributed by atoms with Gasteiger partial charge in [-0.05, 0) is 98.6 Å². The van der Waals surface area contributed by atoms with E-state index < -0.39 is 195 Å². The van der Waals surface area contributed by atoms with Crippen LogP contribution in [0.4, 0.5) is 105 Å². The Morgan fingerprint density at radius 1 is 0.224 bits per heavy atom. The van der Waals surface area contributed by atoms with Crippen LogP contribution in [0.1, 0.15) is 44.5 Å². The first kappa shape index (κ1) is 46.2. The smallest absolute Gasteiger partial charge is 0.202 e. The third kappa shape index (κ3) is 8.63. The first-order chi connectivity index (χ1) is 25.6. The second-order valence-corrected chi connectivity index (χ2v) is 17.8. The van der Waals surface area contributed by atoms with Crippen molar-refractivity contribution >= 4 is 9.16 Å². The average molecular weight is 901 g/mol. The topological polar surface area (TPSA) is 0 Å². The highest BCUT2D eigenvalue weighted by Crippen LogP contribution is 2.89. The summed E-state index contributed by atoms with van der Waals surface area (Å²) in [5.41, 5.74) is -21.2. The molecule has 0 aliphatic rings. The second kappa shape index (κ2) is 13.5. The quantitative estimate of drug-likeness (QED) is 0.153. The van der Waals surface area contributed by atoms with Crippen molar-refractivity contribution in [3.05, 3.63) is 117 Å². The van der Waals surface area contributed by atoms with Crippen LogP contribution in [-0.2, 0) is 49.4 Å². The summed E-state index contributed by atoms with van der Waals surface area (Å²) in [4.78, 5) is -8.72. The van der Waals surface area contributed by atoms with Gasteiger partial charge in [-0.2, -0.15) is 105 Å². The van der Waals surface area contributed by atoms with Crippen molar-refractivity contribution in [3.8, 4) is 0 Å². The third-order valence-corrected chi connectivity index (χ3v) is 15.1. The minimum absolute atomic E-state index is 0.178. The molecule has 0 saturated heterocycles. The molecule has 0 amide bonds. The molecule has 0 nitrogen and oxygen atoms in total. The van der Waals surface area contributed by atoms with Crippen molar-refractivity contribution in [1.82, 2.24) is 0 Å². The van der Waals surface area contributed by atoms with Crippen molar-refractivity contribution in [2.24, 2.45) is 0 Å². The van der Waals surface area contributed by atoms with Crippen LogP contribution < -0.4 is 0 Å². The molecule has 58 heavy (non-hydrogen) atoms. The molecule has 4 aromatic carbocycles. The number of alkyl halides is 24. The van der Waals surface area contributed by atoms with Crippen LogP contribution in [0, 0.1) is 0 Å². The summed E-state index contributed by atoms with van der Waals surface area (Å²) in [6.45, 7) is 0. The van der Waals surface area contributed by atoms with Gasteiger partial charge in [0.2, 0.25) is 0 Å². The fourth-order valence-electron chi connectivity index (χ4n) is 5.94. The molecule has 0 atom stereocenters. The van der Waals surface area contributed by atoms with Crippen LogP contribution in [0.5, 0.6) is 0 Å². The molecule has 0 fully saturated rings. The van der Waals surface area contributed by atoms with Gasteiger partial charge in [0, 0.05) is 0 Å². The minimum atomic E-state index is -7.75. The van der Waals surface area contributed by atoms with Gasteiger partial charge in [-0.3, -0.25) is 0 Å². The Morgan fingerprint density at radius 2 is 0.328 bits per heavy atom. The number of rotatable bonds is 4. The van der Waals surface area contributed by atoms with Gasteiger partial charge in [0.15, 0.2) is 0 Å². The van der Waals surface area contributed by atoms with E-state index in [1.807, 2.05) is 0 Å². The molecule has 4 rings (SSSR count). The maximum Gasteiger partial charge on any atom is 0.416 e. The zero-order valence-corrected chi connectivity index (χ0v) is 28.3. The molecule has 0 N–H and O–H groups in total. The molecule has 322 valence electrons. The molecule has 25 heteroatoms. The van der Waals surface area contributed by atoms with Crippen molar-refractivity contribution < 1.29 is 105 Å². The Labute approximate surface area is 307 Å². The van der Waals surface area contributed by atoms with Gasteiger partial charge in [-0.15, -0.1) is 0 Å². The summed E-state index contributed by atoms with van der Waals surface area (Å²) in [5.74, 6) is 0. The Balaban J connectivity index is 2.69. The second-order valence-electron chi connectivity index (χ2n) is 12.6. The SMILES string of the molecule is C[SH](c1cc(C(F)(F)F)cc(C(F)(F)F)c1)(c1cc(C(F)(F)F)cc(C(F)(F)F)c1)(c1cc(C(F)(F)F)cc(C(F)(F)F)c1)c1cc(C(F)(F)F)cc(C(F)(F)F)c1. The number of thiol groups is 1. The summed E-state index contributed by atoms with van der Waals surface area (Å²) in [7, 11) is -7.75. The van der Waals surface area contributed by atoms with Gasteiger partial charge in [0.1, 0.15) is 0 Å². The third-order valence-electron chi connectivity index (χ3n) is 8.87. The summed E-state index contributed by atoms with van der Waals surface area (Å²) >= 11 is 0. The lowest BCUT2D eigenvalue weighted by molar-refractivity contribution is -0.144. The van der Waals surface area contributed by atoms with E-state index in [0.717, 1.165) is 0 Å². The zero-order valence-electron chi connectivity index (χ0n) is 27.4. The number of halogens is 24. The van der Waals surface area contributed by atoms with Crippen LogP contribution in [0.2, 0.25) is 0 Å². The first-order valence-corrected chi connectivity index (χ1v) is 17.5. The predicted molar refractivity (Wildman–Crippen MR) is 154 cm³/mol. The highest BCUT2D eigenvalue weighted by molar-refractivity contribution is 8.49. The monoisotopic (exact) mass is 900 g/mol. The molecule has 4 aromatic rings. The molecule has 0 aliphatic heterocycles. The van der Waals surface area contributed by atoms with E-state index in [9.17, 15) is 105 Å². The van der Waals surface area contributed by atoms with E-state index in [1.165, 1.54) is 0 Å². The van der Waals surface area contributed by atoms with E-state index in [2.05, 4.69) is 0 Å². The normalized spacial score (nSPS) is 15.0. The van der Waals surface area contributed by atoms with Crippen LogP contribution in [-0.4, -0.2) is 6.26 Å². The van der Waals surface area contributed by atoms with Crippen LogP contribution in [0.3, 0.4) is 0 Å². The summed E-state index contributed by atoms with van der Waals surface area (Å²) in [6, 6.07) is -8.44. The number of hydrogen-bond donors (Lipinski definition) is 1. The standard InChI is InChI=1S/C33H16F24S/c1-58(22-6-14(26(34,35)36)2-15(7-22)27(37,38)39,23-8-16(28(40,41)42)3-17(9-23)29(43,44)45,24-10-18(30(46,47)48)4-19(11-24)31(49,50)51)25-12-20(32(52,53)54)5-21(13-25)33(55,56)57/h2-13,58H,1H3. The maximum absolute atomic E-state index is 14.3. The first-order valence-electron chi connectivity index (χ1n) is 14.8. The van der Waals surface area contributed by atoms with Crippen LogP contribution >= 0.6 is 9.16 Å². The van der Waals surface area contributed by atoms with E-state index in [-0.39, 0.29) is 6.26 Å². The summed E-state index contributed by atoms with van der Waals surface area (Å²) in [6.07, 6.45) is -49.2. The molecular formula is C33H16F24S. The lowest BCUT2D eigenvalue weighted by atomic mass is 10.1. The lowest BCUT2D eigenvalue weighted by Gasteiger charge is -2.61. The highest BCUT2D eigenvalue weighted by atomic mass is 32.3. The van der Waals surface area contributed by atoms with E-state index >= 15 is 0 Å². The molecule has 0 aromatic heterocycles. The molecule has 0 aliphatic carbocycles. The van der Waals surface area contributed by atoms with E-state index in [4.69, 9.17) is 0 Å². The van der Waals surface area contributed by atoms with Crippen molar-refractivity contribution in [3.63, 3.8) is 0 Å². The molecule has 0 saturated carbocycles. The van der Waals surface area contributed by atoms with Gasteiger partial charge in [0.25, 0.3) is 0 Å². The molecule has 0 unspecified atom stereocenters. The minimum Gasteiger partial charge on any atom is -0.202 e. The molecule has 0 bridgehead atoms. The molecule has 0 spiro atoms. The summed E-state index contributed by atoms with van der Waals surface area (Å²) < 4.78 is 344. The Hall–Kier alpha value is -4.45. The van der Waals surface area contributed by atoms with Gasteiger partial charge >= 0.3 is 49.4 Å². The van der Waals surface area contributed by atoms with Crippen molar-refractivity contribution in [2.75, 3.05) is 6.26 Å². The summed E-state index contributed by atoms with van der Waals surface area (Å²) in [5, 5.41) is 0. The fourth-order valence-corrected chi connectivity index (χ4v) is 11.4. The number of benzene rings is 4. The van der Waals surface area contributed by atoms with Gasteiger partial charge in [-0.1, -0.05) is 0 Å². The molecule has 0 heterocycles. The predicted octanol–water partition coefficient (Wildman–Crippen LogP) is 15.1. The maximum atomic E-state index is 14.3. The van der Waals surface area contributed by atoms with Gasteiger partial charge < -0.3 is 0 Å². The van der Waals surface area contributed by atoms with Crippen LogP contribution in [0.25, 0.3) is 0 Å². The van der Waals surface area contributed by atoms with E-state index in [0.29, 0.717) is 0 Å². The van der Waals surface area contributed by atoms with Gasteiger partial charge in [-0.25, -0.2) is 9.16 Å². The Morgan fingerprint density at radius 3 is 0.414 bits per heavy atom. The van der Waals surface area contributed by atoms with Crippen LogP contribution in [0.15, 0.2) is 92.4 Å². The average Bonchev–Trinajstić information content (AvgIpc) is 3.04. The van der Waals surface area contributed by atoms with Crippen molar-refractivity contribution in [1.29, 1.82) is 0 Å². The fraction of sp³-hybridized carbons (Fsp3) is 0.273. The van der Waals surface area contributed by atoms with E-state index in [1.54, 1.807) is 0 Å².